The van der Waals surface area contributed by atoms with E-state index >= 15 is 0 Å². The van der Waals surface area contributed by atoms with Crippen LogP contribution in [0.4, 0.5) is 11.4 Å². The number of fused-ring (bicyclic) bond motifs is 2. The third kappa shape index (κ3) is 7.15. The van der Waals surface area contributed by atoms with E-state index in [1.165, 1.54) is 14.2 Å². The van der Waals surface area contributed by atoms with Gasteiger partial charge in [0.2, 0.25) is 5.78 Å². The van der Waals surface area contributed by atoms with E-state index in [-0.39, 0.29) is 28.0 Å². The molecule has 2 heterocycles. The van der Waals surface area contributed by atoms with Crippen LogP contribution in [-0.2, 0) is 26.0 Å². The molecule has 5 aromatic rings. The first kappa shape index (κ1) is 30.7. The molecule has 0 bridgehead atoms. The summed E-state index contributed by atoms with van der Waals surface area (Å²) in [6, 6.07) is 24.4. The molecule has 0 spiro atoms. The largest absolute Gasteiger partial charge is 2.00 e. The second kappa shape index (κ2) is 14.6. The van der Waals surface area contributed by atoms with Crippen molar-refractivity contribution in [2.24, 2.45) is 4.99 Å². The summed E-state index contributed by atoms with van der Waals surface area (Å²) < 4.78 is 10.0. The topological polar surface area (TPSA) is 111 Å². The van der Waals surface area contributed by atoms with Crippen LogP contribution >= 0.6 is 0 Å². The van der Waals surface area contributed by atoms with Crippen LogP contribution in [0.2, 0.25) is 0 Å². The first-order valence-electron chi connectivity index (χ1n) is 13.0. The molecule has 1 aliphatic carbocycles. The summed E-state index contributed by atoms with van der Waals surface area (Å²) in [5.41, 5.74) is 4.06. The van der Waals surface area contributed by atoms with Crippen LogP contribution in [0.15, 0.2) is 132 Å². The van der Waals surface area contributed by atoms with Gasteiger partial charge in [-0.25, -0.2) is 0 Å². The van der Waals surface area contributed by atoms with Crippen LogP contribution in [-0.4, -0.2) is 36.2 Å². The molecule has 0 saturated carbocycles. The van der Waals surface area contributed by atoms with Crippen LogP contribution < -0.4 is 9.84 Å². The van der Waals surface area contributed by atoms with Crippen molar-refractivity contribution < 1.29 is 35.9 Å². The maximum absolute atomic E-state index is 12.1. The average Bonchev–Trinajstić information content (AvgIpc) is 3.04. The van der Waals surface area contributed by atoms with Gasteiger partial charge in [-0.05, 0) is 41.3 Å². The van der Waals surface area contributed by atoms with Crippen LogP contribution in [0.3, 0.4) is 0 Å². The Morgan fingerprint density at radius 1 is 0.837 bits per heavy atom. The van der Waals surface area contributed by atoms with E-state index in [4.69, 9.17) is 9.47 Å². The van der Waals surface area contributed by atoms with Crippen LogP contribution in [0.5, 0.6) is 11.5 Å². The average molecular weight is 613 g/mol. The van der Waals surface area contributed by atoms with Crippen LogP contribution in [0.1, 0.15) is 5.56 Å². The Hall–Kier alpha value is -5.27. The molecule has 0 unspecified atom stereocenters. The second-order valence-electron chi connectivity index (χ2n) is 8.98. The number of pyridine rings is 2. The van der Waals surface area contributed by atoms with Gasteiger partial charge in [0.15, 0.2) is 5.76 Å². The zero-order chi connectivity index (χ0) is 29.3. The Bertz CT molecular complexity index is 1870. The van der Waals surface area contributed by atoms with Crippen LogP contribution in [0.25, 0.3) is 27.1 Å². The fourth-order valence-electron chi connectivity index (χ4n) is 4.25. The minimum absolute atomic E-state index is 0. The smallest absolute Gasteiger partial charge is 0.870 e. The first-order chi connectivity index (χ1) is 20.6. The molecule has 1 aliphatic rings. The van der Waals surface area contributed by atoms with Crippen molar-refractivity contribution in [1.29, 1.82) is 0 Å². The van der Waals surface area contributed by atoms with Gasteiger partial charge < -0.3 is 19.9 Å². The molecule has 43 heavy (non-hydrogen) atoms. The van der Waals surface area contributed by atoms with E-state index in [1.54, 1.807) is 61.2 Å². The summed E-state index contributed by atoms with van der Waals surface area (Å²) in [7, 11) is 2.96. The predicted molar refractivity (Wildman–Crippen MR) is 164 cm³/mol. The van der Waals surface area contributed by atoms with Crippen molar-refractivity contribution in [3.8, 4) is 11.5 Å². The summed E-state index contributed by atoms with van der Waals surface area (Å²) in [4.78, 5) is 25.1. The fraction of sp³-hybridized carbons (Fsp3) is 0.0588. The third-order valence-corrected chi connectivity index (χ3v) is 6.37. The van der Waals surface area contributed by atoms with Gasteiger partial charge in [0.1, 0.15) is 5.75 Å². The number of ketones is 1. The van der Waals surface area contributed by atoms with Crippen molar-refractivity contribution in [2.75, 3.05) is 14.2 Å². The molecular weight excluding hydrogens is 587 g/mol. The number of carbonyl (C=O) groups is 1. The molecule has 8 nitrogen and oxygen atoms in total. The molecule has 9 heteroatoms. The fourth-order valence-corrected chi connectivity index (χ4v) is 4.25. The Balaban J connectivity index is 0.000000192. The number of carbonyl (C=O) groups excluding carboxylic acids is 1. The SMILES string of the molecule is COC1=CC=C/C(=C/[N-]c2cccc3cccnc23)C1=O.COc1cccc(C=Nc2cccc3cccnc23)c1[O-].[Ni+2]. The number of rotatable bonds is 6. The Morgan fingerprint density at radius 3 is 2.26 bits per heavy atom. The number of para-hydroxylation sites is 3. The number of Topliss-reactive ketones (excluding diaryl/α,β-unsaturated/α-hetero) is 1. The zero-order valence-corrected chi connectivity index (χ0v) is 24.3. The standard InChI is InChI=1S/2C17H14N2O2.Ni/c2*1-21-15-9-3-6-13(17(15)20)11-19-14-8-2-5-12-7-4-10-18-16(12)14;/h2-11H,1H3,(H,19,20);2-11,20H,1H3;/q;;+2/p-2. The second-order valence-corrected chi connectivity index (χ2v) is 8.98. The molecule has 0 saturated heterocycles. The van der Waals surface area contributed by atoms with Crippen molar-refractivity contribution in [1.82, 2.24) is 9.97 Å². The minimum Gasteiger partial charge on any atom is -0.870 e. The molecule has 0 amide bonds. The maximum atomic E-state index is 12.1. The van der Waals surface area contributed by atoms with Crippen molar-refractivity contribution in [2.45, 2.75) is 0 Å². The molecule has 0 aliphatic heterocycles. The number of ether oxygens (including phenoxy) is 2. The Kier molecular flexibility index (Phi) is 10.4. The zero-order valence-electron chi connectivity index (χ0n) is 23.3. The number of hydrogen-bond acceptors (Lipinski definition) is 7. The van der Waals surface area contributed by atoms with Gasteiger partial charge in [-0.3, -0.25) is 19.8 Å². The first-order valence-corrected chi connectivity index (χ1v) is 13.0. The van der Waals surface area contributed by atoms with Gasteiger partial charge in [0.05, 0.1) is 30.9 Å². The quantitative estimate of drug-likeness (QED) is 0.118. The number of aliphatic imine (C=N–C) groups is 1. The number of allylic oxidation sites excluding steroid dienone is 4. The van der Waals surface area contributed by atoms with E-state index < -0.39 is 0 Å². The monoisotopic (exact) mass is 612 g/mol. The summed E-state index contributed by atoms with van der Waals surface area (Å²) in [5, 5.41) is 18.5. The third-order valence-electron chi connectivity index (χ3n) is 6.37. The number of hydrogen-bond donors (Lipinski definition) is 0. The van der Waals surface area contributed by atoms with Gasteiger partial charge in [-0.1, -0.05) is 72.5 Å². The Labute approximate surface area is 259 Å². The maximum Gasteiger partial charge on any atom is 2.00 e. The molecule has 216 valence electrons. The van der Waals surface area contributed by atoms with Crippen molar-refractivity contribution in [3.05, 3.63) is 138 Å². The normalized spacial score (nSPS) is 13.3. The predicted octanol–water partition coefficient (Wildman–Crippen LogP) is 6.86. The summed E-state index contributed by atoms with van der Waals surface area (Å²) in [5.74, 6) is 0.291. The van der Waals surface area contributed by atoms with Gasteiger partial charge >= 0.3 is 16.5 Å². The van der Waals surface area contributed by atoms with E-state index in [0.29, 0.717) is 22.6 Å². The van der Waals surface area contributed by atoms with Gasteiger partial charge in [0.25, 0.3) is 0 Å². The molecule has 2 aromatic heterocycles. The molecule has 0 radical (unpaired) electrons. The molecule has 0 fully saturated rings. The van der Waals surface area contributed by atoms with E-state index in [1.807, 2.05) is 60.7 Å². The van der Waals surface area contributed by atoms with E-state index in [2.05, 4.69) is 20.3 Å². The molecule has 0 N–H and O–H groups in total. The molecule has 3 aromatic carbocycles. The number of methoxy groups -OCH3 is 2. The number of benzene rings is 3. The van der Waals surface area contributed by atoms with E-state index in [0.717, 1.165) is 33.2 Å². The summed E-state index contributed by atoms with van der Waals surface area (Å²) in [6.07, 6.45) is 11.7. The molecule has 6 rings (SSSR count). The van der Waals surface area contributed by atoms with E-state index in [9.17, 15) is 9.90 Å². The van der Waals surface area contributed by atoms with Crippen molar-refractivity contribution >= 4 is 45.2 Å². The Morgan fingerprint density at radius 2 is 1.51 bits per heavy atom. The molecular formula is C34H26N4NiO4. The summed E-state index contributed by atoms with van der Waals surface area (Å²) in [6.45, 7) is 0. The number of nitrogens with zero attached hydrogens (tertiary/aromatic N) is 4. The van der Waals surface area contributed by atoms with Crippen molar-refractivity contribution in [3.63, 3.8) is 0 Å². The van der Waals surface area contributed by atoms with Gasteiger partial charge in [0, 0.05) is 29.6 Å². The van der Waals surface area contributed by atoms with Crippen LogP contribution in [0, 0.1) is 0 Å². The molecule has 0 atom stereocenters. The number of aromatic nitrogens is 2. The van der Waals surface area contributed by atoms with Gasteiger partial charge in [-0.15, -0.1) is 5.69 Å². The van der Waals surface area contributed by atoms with Gasteiger partial charge in [-0.2, -0.15) is 6.20 Å². The minimum atomic E-state index is -0.169. The summed E-state index contributed by atoms with van der Waals surface area (Å²) >= 11 is 0.